The first-order valence-electron chi connectivity index (χ1n) is 4.30. The number of nitrogens with one attached hydrogen (secondary N) is 1. The van der Waals surface area contributed by atoms with E-state index in [0.29, 0.717) is 6.61 Å². The van der Waals surface area contributed by atoms with Crippen LogP contribution in [0.3, 0.4) is 0 Å². The third-order valence-electron chi connectivity index (χ3n) is 2.26. The second-order valence-corrected chi connectivity index (χ2v) is 4.14. The molecule has 0 atom stereocenters. The molecule has 3 nitrogen and oxygen atoms in total. The van der Waals surface area contributed by atoms with Gasteiger partial charge >= 0.3 is 0 Å². The highest BCUT2D eigenvalue weighted by Gasteiger charge is 2.13. The molecule has 70 valence electrons. The van der Waals surface area contributed by atoms with E-state index in [9.17, 15) is 0 Å². The lowest BCUT2D eigenvalue weighted by Gasteiger charge is -2.01. The summed E-state index contributed by atoms with van der Waals surface area (Å²) in [6, 6.07) is 8.16. The van der Waals surface area contributed by atoms with Gasteiger partial charge in [0.05, 0.1) is 5.52 Å². The van der Waals surface area contributed by atoms with Gasteiger partial charge in [0.15, 0.2) is 5.82 Å². The molecule has 0 radical (unpaired) electrons. The Labute approximate surface area is 89.2 Å². The van der Waals surface area contributed by atoms with Gasteiger partial charge in [0.25, 0.3) is 0 Å². The molecule has 0 aliphatic carbocycles. The van der Waals surface area contributed by atoms with Gasteiger partial charge in [0.1, 0.15) is 6.61 Å². The second-order valence-electron chi connectivity index (χ2n) is 3.22. The standard InChI is InChI=1S/C10H7BrN2O/c11-8-2-1-6-3-7-5-14-13-10(7)12-9(6)4-8/h1-4H,5H2,(H,12,13). The Morgan fingerprint density at radius 1 is 1.36 bits per heavy atom. The quantitative estimate of drug-likeness (QED) is 0.781. The van der Waals surface area contributed by atoms with Crippen LogP contribution in [-0.4, -0.2) is 4.98 Å². The number of fused-ring (bicyclic) bond motifs is 2. The third kappa shape index (κ3) is 1.19. The number of hydrogen-bond acceptors (Lipinski definition) is 3. The Kier molecular flexibility index (Phi) is 1.72. The van der Waals surface area contributed by atoms with Crippen LogP contribution in [0.4, 0.5) is 5.82 Å². The van der Waals surface area contributed by atoms with Crippen LogP contribution in [0, 0.1) is 0 Å². The highest BCUT2D eigenvalue weighted by molar-refractivity contribution is 9.10. The van der Waals surface area contributed by atoms with E-state index in [1.54, 1.807) is 0 Å². The fraction of sp³-hybridized carbons (Fsp3) is 0.100. The topological polar surface area (TPSA) is 34.2 Å². The van der Waals surface area contributed by atoms with Gasteiger partial charge in [-0.2, -0.15) is 0 Å². The molecule has 0 bridgehead atoms. The number of nitrogens with zero attached hydrogens (tertiary/aromatic N) is 1. The lowest BCUT2D eigenvalue weighted by atomic mass is 10.1. The molecule has 0 unspecified atom stereocenters. The SMILES string of the molecule is Brc1ccc2cc3c(nc2c1)NOC3. The molecule has 0 spiro atoms. The van der Waals surface area contributed by atoms with Crippen molar-refractivity contribution in [2.45, 2.75) is 6.61 Å². The van der Waals surface area contributed by atoms with E-state index in [-0.39, 0.29) is 0 Å². The summed E-state index contributed by atoms with van der Waals surface area (Å²) in [7, 11) is 0. The van der Waals surface area contributed by atoms with Gasteiger partial charge in [0.2, 0.25) is 0 Å². The summed E-state index contributed by atoms with van der Waals surface area (Å²) in [6.45, 7) is 0.592. The number of anilines is 1. The van der Waals surface area contributed by atoms with Gasteiger partial charge in [0, 0.05) is 15.4 Å². The summed E-state index contributed by atoms with van der Waals surface area (Å²) in [5.74, 6) is 0.829. The van der Waals surface area contributed by atoms with E-state index < -0.39 is 0 Å². The maximum absolute atomic E-state index is 5.09. The largest absolute Gasteiger partial charge is 0.270 e. The zero-order chi connectivity index (χ0) is 9.54. The lowest BCUT2D eigenvalue weighted by Crippen LogP contribution is -1.90. The van der Waals surface area contributed by atoms with E-state index in [0.717, 1.165) is 26.8 Å². The van der Waals surface area contributed by atoms with Gasteiger partial charge < -0.3 is 0 Å². The van der Waals surface area contributed by atoms with Crippen LogP contribution >= 0.6 is 15.9 Å². The first-order chi connectivity index (χ1) is 6.83. The average molecular weight is 251 g/mol. The summed E-state index contributed by atoms with van der Waals surface area (Å²) in [5.41, 5.74) is 4.86. The maximum atomic E-state index is 5.09. The number of rotatable bonds is 0. The van der Waals surface area contributed by atoms with E-state index in [4.69, 9.17) is 4.84 Å². The molecular weight excluding hydrogens is 244 g/mol. The van der Waals surface area contributed by atoms with Crippen molar-refractivity contribution >= 4 is 32.7 Å². The van der Waals surface area contributed by atoms with E-state index in [1.165, 1.54) is 0 Å². The van der Waals surface area contributed by atoms with Gasteiger partial charge in [-0.15, -0.1) is 0 Å². The van der Waals surface area contributed by atoms with Gasteiger partial charge in [-0.25, -0.2) is 10.5 Å². The average Bonchev–Trinajstić information content (AvgIpc) is 2.61. The first-order valence-corrected chi connectivity index (χ1v) is 5.09. The molecule has 3 rings (SSSR count). The molecule has 0 saturated heterocycles. The Morgan fingerprint density at radius 2 is 2.29 bits per heavy atom. The van der Waals surface area contributed by atoms with Crippen LogP contribution in [0.15, 0.2) is 28.7 Å². The molecule has 2 heterocycles. The second kappa shape index (κ2) is 2.93. The zero-order valence-corrected chi connectivity index (χ0v) is 8.84. The third-order valence-corrected chi connectivity index (χ3v) is 2.75. The normalized spacial score (nSPS) is 14.1. The van der Waals surface area contributed by atoms with Crippen molar-refractivity contribution in [1.29, 1.82) is 0 Å². The predicted molar refractivity (Wildman–Crippen MR) is 57.9 cm³/mol. The number of pyridine rings is 1. The molecule has 1 N–H and O–H groups in total. The number of halogens is 1. The van der Waals surface area contributed by atoms with Gasteiger partial charge in [-0.3, -0.25) is 4.84 Å². The minimum absolute atomic E-state index is 0.592. The summed E-state index contributed by atoms with van der Waals surface area (Å²) in [5, 5.41) is 1.14. The van der Waals surface area contributed by atoms with Crippen LogP contribution in [0.1, 0.15) is 5.56 Å². The molecule has 14 heavy (non-hydrogen) atoms. The number of aromatic nitrogens is 1. The van der Waals surface area contributed by atoms with Crippen LogP contribution in [-0.2, 0) is 11.4 Å². The highest BCUT2D eigenvalue weighted by atomic mass is 79.9. The molecule has 2 aromatic rings. The molecule has 0 saturated carbocycles. The maximum Gasteiger partial charge on any atom is 0.156 e. The van der Waals surface area contributed by atoms with Crippen LogP contribution in [0.5, 0.6) is 0 Å². The van der Waals surface area contributed by atoms with Crippen LogP contribution in [0.25, 0.3) is 10.9 Å². The summed E-state index contributed by atoms with van der Waals surface area (Å²) in [6.07, 6.45) is 0. The highest BCUT2D eigenvalue weighted by Crippen LogP contribution is 2.26. The Bertz CT molecular complexity index is 513. The molecule has 1 aromatic carbocycles. The van der Waals surface area contributed by atoms with E-state index in [1.807, 2.05) is 18.2 Å². The van der Waals surface area contributed by atoms with Crippen LogP contribution < -0.4 is 5.48 Å². The summed E-state index contributed by atoms with van der Waals surface area (Å²) in [4.78, 5) is 9.54. The zero-order valence-electron chi connectivity index (χ0n) is 7.25. The fourth-order valence-electron chi connectivity index (χ4n) is 1.56. The van der Waals surface area contributed by atoms with E-state index >= 15 is 0 Å². The molecule has 4 heteroatoms. The van der Waals surface area contributed by atoms with Crippen molar-refractivity contribution in [2.75, 3.05) is 5.48 Å². The van der Waals surface area contributed by atoms with Crippen molar-refractivity contribution in [1.82, 2.24) is 4.98 Å². The Hall–Kier alpha value is -1.13. The molecule has 0 amide bonds. The van der Waals surface area contributed by atoms with Crippen molar-refractivity contribution in [2.24, 2.45) is 0 Å². The monoisotopic (exact) mass is 250 g/mol. The molecule has 1 aliphatic heterocycles. The Balaban J connectivity index is 2.33. The first kappa shape index (κ1) is 8.20. The predicted octanol–water partition coefficient (Wildman–Crippen LogP) is 2.85. The fourth-order valence-corrected chi connectivity index (χ4v) is 1.91. The molecule has 1 aliphatic rings. The van der Waals surface area contributed by atoms with Gasteiger partial charge in [-0.1, -0.05) is 22.0 Å². The van der Waals surface area contributed by atoms with Crippen LogP contribution in [0.2, 0.25) is 0 Å². The molecule has 0 fully saturated rings. The molecular formula is C10H7BrN2O. The van der Waals surface area contributed by atoms with Crippen molar-refractivity contribution < 1.29 is 4.84 Å². The summed E-state index contributed by atoms with van der Waals surface area (Å²) >= 11 is 3.42. The Morgan fingerprint density at radius 3 is 3.21 bits per heavy atom. The lowest BCUT2D eigenvalue weighted by molar-refractivity contribution is 0.202. The van der Waals surface area contributed by atoms with Crippen molar-refractivity contribution in [3.8, 4) is 0 Å². The van der Waals surface area contributed by atoms with Gasteiger partial charge in [-0.05, 0) is 18.2 Å². The van der Waals surface area contributed by atoms with E-state index in [2.05, 4.69) is 32.5 Å². The minimum atomic E-state index is 0.592. The minimum Gasteiger partial charge on any atom is -0.270 e. The molecule has 1 aromatic heterocycles. The number of benzene rings is 1. The smallest absolute Gasteiger partial charge is 0.156 e. The number of hydrogen-bond donors (Lipinski definition) is 1. The summed E-state index contributed by atoms with van der Waals surface area (Å²) < 4.78 is 1.04. The van der Waals surface area contributed by atoms with Crippen molar-refractivity contribution in [3.63, 3.8) is 0 Å². The van der Waals surface area contributed by atoms with Crippen molar-refractivity contribution in [3.05, 3.63) is 34.3 Å².